The minimum Gasteiger partial charge on any atom is -0.497 e. The quantitative estimate of drug-likeness (QED) is 0.319. The van der Waals surface area contributed by atoms with E-state index in [-0.39, 0.29) is 23.1 Å². The van der Waals surface area contributed by atoms with Crippen LogP contribution in [-0.2, 0) is 6.18 Å². The number of carbonyl (C=O) groups excluding carboxylic acids is 2. The fraction of sp³-hybridized carbons (Fsp3) is 0.207. The van der Waals surface area contributed by atoms with Gasteiger partial charge in [-0.2, -0.15) is 13.2 Å². The van der Waals surface area contributed by atoms with Gasteiger partial charge in [0.05, 0.1) is 18.3 Å². The summed E-state index contributed by atoms with van der Waals surface area (Å²) in [6.45, 7) is 1.50. The number of fused-ring (bicyclic) bond motifs is 1. The average molecular weight is 550 g/mol. The number of benzene rings is 3. The Morgan fingerprint density at radius 3 is 2.12 bits per heavy atom. The van der Waals surface area contributed by atoms with Crippen LogP contribution in [0.2, 0.25) is 0 Å². The van der Waals surface area contributed by atoms with Crippen molar-refractivity contribution in [3.8, 4) is 5.75 Å². The molecule has 3 amide bonds. The predicted molar refractivity (Wildman–Crippen MR) is 146 cm³/mol. The number of amides is 3. The number of ether oxygens (including phenoxy) is 1. The van der Waals surface area contributed by atoms with Gasteiger partial charge in [-0.3, -0.25) is 4.79 Å². The molecule has 0 aliphatic carbocycles. The lowest BCUT2D eigenvalue weighted by Crippen LogP contribution is -2.51. The van der Waals surface area contributed by atoms with Crippen molar-refractivity contribution in [3.63, 3.8) is 0 Å². The Morgan fingerprint density at radius 1 is 0.850 bits per heavy atom. The molecule has 0 radical (unpaired) electrons. The number of alkyl halides is 3. The SMILES string of the molecule is COc1ccc(NC(=O)N2CCN(C(=O)c3ccc(Nc4cc(C(F)(F)F)nc5ccccc45)cc3)CC2)cc1. The smallest absolute Gasteiger partial charge is 0.433 e. The van der Waals surface area contributed by atoms with Crippen LogP contribution in [0.1, 0.15) is 16.1 Å². The van der Waals surface area contributed by atoms with E-state index in [2.05, 4.69) is 15.6 Å². The van der Waals surface area contributed by atoms with E-state index < -0.39 is 11.9 Å². The topological polar surface area (TPSA) is 86.8 Å². The monoisotopic (exact) mass is 549 g/mol. The van der Waals surface area contributed by atoms with Crippen molar-refractivity contribution in [2.45, 2.75) is 6.18 Å². The summed E-state index contributed by atoms with van der Waals surface area (Å²) >= 11 is 0. The molecule has 0 spiro atoms. The molecule has 11 heteroatoms. The summed E-state index contributed by atoms with van der Waals surface area (Å²) in [5, 5.41) is 6.41. The zero-order valence-electron chi connectivity index (χ0n) is 21.5. The number of pyridine rings is 1. The number of aromatic nitrogens is 1. The van der Waals surface area contributed by atoms with Gasteiger partial charge in [0.25, 0.3) is 5.91 Å². The van der Waals surface area contributed by atoms with Gasteiger partial charge < -0.3 is 25.2 Å². The van der Waals surface area contributed by atoms with Crippen molar-refractivity contribution in [3.05, 3.63) is 90.1 Å². The summed E-state index contributed by atoms with van der Waals surface area (Å²) in [4.78, 5) is 32.7. The lowest BCUT2D eigenvalue weighted by Gasteiger charge is -2.34. The van der Waals surface area contributed by atoms with Crippen LogP contribution in [0.15, 0.2) is 78.9 Å². The average Bonchev–Trinajstić information content (AvgIpc) is 2.97. The molecule has 1 fully saturated rings. The molecule has 40 heavy (non-hydrogen) atoms. The van der Waals surface area contributed by atoms with Crippen molar-refractivity contribution in [1.82, 2.24) is 14.8 Å². The number of anilines is 3. The molecule has 1 aliphatic heterocycles. The second-order valence-electron chi connectivity index (χ2n) is 9.21. The van der Waals surface area contributed by atoms with Gasteiger partial charge >= 0.3 is 12.2 Å². The maximum Gasteiger partial charge on any atom is 0.433 e. The van der Waals surface area contributed by atoms with Crippen LogP contribution in [0.3, 0.4) is 0 Å². The molecule has 1 aromatic heterocycles. The lowest BCUT2D eigenvalue weighted by molar-refractivity contribution is -0.140. The van der Waals surface area contributed by atoms with Gasteiger partial charge in [0.2, 0.25) is 0 Å². The highest BCUT2D eigenvalue weighted by molar-refractivity contribution is 5.96. The Bertz CT molecular complexity index is 1520. The van der Waals surface area contributed by atoms with Crippen LogP contribution < -0.4 is 15.4 Å². The van der Waals surface area contributed by atoms with E-state index in [0.29, 0.717) is 54.3 Å². The number of rotatable bonds is 5. The Balaban J connectivity index is 1.21. The molecule has 2 N–H and O–H groups in total. The lowest BCUT2D eigenvalue weighted by atomic mass is 10.1. The van der Waals surface area contributed by atoms with E-state index in [0.717, 1.165) is 6.07 Å². The number of urea groups is 1. The van der Waals surface area contributed by atoms with Crippen LogP contribution in [0.5, 0.6) is 5.75 Å². The summed E-state index contributed by atoms with van der Waals surface area (Å²) in [5.74, 6) is 0.505. The molecule has 1 aliphatic rings. The molecule has 4 aromatic rings. The first-order valence-electron chi connectivity index (χ1n) is 12.5. The second kappa shape index (κ2) is 11.1. The van der Waals surface area contributed by atoms with E-state index >= 15 is 0 Å². The second-order valence-corrected chi connectivity index (χ2v) is 9.21. The van der Waals surface area contributed by atoms with Crippen molar-refractivity contribution in [1.29, 1.82) is 0 Å². The summed E-state index contributed by atoms with van der Waals surface area (Å²) in [5.41, 5.74) is 1.12. The zero-order valence-corrected chi connectivity index (χ0v) is 21.5. The van der Waals surface area contributed by atoms with Gasteiger partial charge in [0.15, 0.2) is 0 Å². The molecule has 1 saturated heterocycles. The van der Waals surface area contributed by atoms with Crippen molar-refractivity contribution < 1.29 is 27.5 Å². The summed E-state index contributed by atoms with van der Waals surface area (Å²) in [7, 11) is 1.57. The number of nitrogens with one attached hydrogen (secondary N) is 2. The van der Waals surface area contributed by atoms with Gasteiger partial charge in [-0.05, 0) is 60.7 Å². The largest absolute Gasteiger partial charge is 0.497 e. The third kappa shape index (κ3) is 5.93. The number of carbonyl (C=O) groups is 2. The Labute approximate surface area is 228 Å². The number of nitrogens with zero attached hydrogens (tertiary/aromatic N) is 3. The molecule has 0 atom stereocenters. The predicted octanol–water partition coefficient (Wildman–Crippen LogP) is 6.00. The Morgan fingerprint density at radius 2 is 1.48 bits per heavy atom. The fourth-order valence-electron chi connectivity index (χ4n) is 4.45. The molecule has 8 nitrogen and oxygen atoms in total. The first-order valence-corrected chi connectivity index (χ1v) is 12.5. The van der Waals surface area contributed by atoms with Crippen LogP contribution in [0, 0.1) is 0 Å². The maximum atomic E-state index is 13.4. The Kier molecular flexibility index (Phi) is 7.45. The van der Waals surface area contributed by atoms with E-state index in [9.17, 15) is 22.8 Å². The number of halogens is 3. The molecule has 2 heterocycles. The van der Waals surface area contributed by atoms with Gasteiger partial charge in [-0.1, -0.05) is 18.2 Å². The maximum absolute atomic E-state index is 13.4. The zero-order chi connectivity index (χ0) is 28.3. The van der Waals surface area contributed by atoms with Gasteiger partial charge in [0, 0.05) is 48.5 Å². The van der Waals surface area contributed by atoms with E-state index in [1.165, 1.54) is 6.07 Å². The first-order chi connectivity index (χ1) is 19.2. The summed E-state index contributed by atoms with van der Waals surface area (Å²) < 4.78 is 45.3. The minimum absolute atomic E-state index is 0.185. The molecule has 0 bridgehead atoms. The molecular formula is C29H26F3N5O3. The van der Waals surface area contributed by atoms with Crippen LogP contribution >= 0.6 is 0 Å². The highest BCUT2D eigenvalue weighted by atomic mass is 19.4. The molecular weight excluding hydrogens is 523 g/mol. The number of piperazine rings is 1. The molecule has 0 unspecified atom stereocenters. The van der Waals surface area contributed by atoms with Gasteiger partial charge in [0.1, 0.15) is 11.4 Å². The van der Waals surface area contributed by atoms with Crippen LogP contribution in [0.25, 0.3) is 10.9 Å². The van der Waals surface area contributed by atoms with E-state index in [1.807, 2.05) is 0 Å². The standard InChI is InChI=1S/C29H26F3N5O3/c1-40-22-12-10-21(11-13-22)34-28(39)37-16-14-36(15-17-37)27(38)19-6-8-20(9-7-19)33-25-18-26(29(30,31)32)35-24-5-3-2-4-23(24)25/h2-13,18H,14-17H2,1H3,(H,33,35)(H,34,39). The summed E-state index contributed by atoms with van der Waals surface area (Å²) in [6, 6.07) is 20.9. The van der Waals surface area contributed by atoms with Gasteiger partial charge in [-0.25, -0.2) is 9.78 Å². The summed E-state index contributed by atoms with van der Waals surface area (Å²) in [6.07, 6.45) is -4.59. The highest BCUT2D eigenvalue weighted by Crippen LogP contribution is 2.34. The van der Waals surface area contributed by atoms with Crippen molar-refractivity contribution >= 4 is 39.9 Å². The van der Waals surface area contributed by atoms with E-state index in [1.54, 1.807) is 83.6 Å². The minimum atomic E-state index is -4.59. The molecule has 206 valence electrons. The van der Waals surface area contributed by atoms with E-state index in [4.69, 9.17) is 4.74 Å². The number of para-hydroxylation sites is 1. The highest BCUT2D eigenvalue weighted by Gasteiger charge is 2.33. The molecule has 3 aromatic carbocycles. The van der Waals surface area contributed by atoms with Crippen molar-refractivity contribution in [2.75, 3.05) is 43.9 Å². The number of hydrogen-bond donors (Lipinski definition) is 2. The van der Waals surface area contributed by atoms with Crippen LogP contribution in [0.4, 0.5) is 35.0 Å². The number of methoxy groups -OCH3 is 1. The third-order valence-corrected chi connectivity index (χ3v) is 6.61. The fourth-order valence-corrected chi connectivity index (χ4v) is 4.45. The molecule has 5 rings (SSSR count). The van der Waals surface area contributed by atoms with Crippen molar-refractivity contribution in [2.24, 2.45) is 0 Å². The number of hydrogen-bond acceptors (Lipinski definition) is 5. The Hall–Kier alpha value is -4.80. The van der Waals surface area contributed by atoms with Gasteiger partial charge in [-0.15, -0.1) is 0 Å². The normalized spacial score (nSPS) is 13.7. The third-order valence-electron chi connectivity index (χ3n) is 6.61. The van der Waals surface area contributed by atoms with Crippen LogP contribution in [-0.4, -0.2) is 60.0 Å². The molecule has 0 saturated carbocycles. The first kappa shape index (κ1) is 26.8.